The van der Waals surface area contributed by atoms with Crippen molar-refractivity contribution in [2.45, 2.75) is 25.6 Å². The summed E-state index contributed by atoms with van der Waals surface area (Å²) >= 11 is 0. The summed E-state index contributed by atoms with van der Waals surface area (Å²) in [5.41, 5.74) is 0. The molecule has 0 aromatic carbocycles. The van der Waals surface area contributed by atoms with E-state index < -0.39 is 18.2 Å². The SMILES string of the molecule is O=C(O)/C=C\C(=O)OC1CCCCO1. The highest BCUT2D eigenvalue weighted by Crippen LogP contribution is 2.13. The zero-order chi connectivity index (χ0) is 10.4. The number of hydrogen-bond donors (Lipinski definition) is 1. The highest BCUT2D eigenvalue weighted by molar-refractivity contribution is 5.90. The molecule has 0 aliphatic carbocycles. The van der Waals surface area contributed by atoms with Gasteiger partial charge in [-0.3, -0.25) is 0 Å². The number of ether oxygens (including phenoxy) is 2. The number of rotatable bonds is 3. The largest absolute Gasteiger partial charge is 0.478 e. The second kappa shape index (κ2) is 5.39. The molecule has 1 fully saturated rings. The molecule has 1 saturated heterocycles. The molecular formula is C9H12O5. The second-order valence-electron chi connectivity index (χ2n) is 2.90. The third-order valence-electron chi connectivity index (χ3n) is 1.75. The molecule has 1 aliphatic rings. The summed E-state index contributed by atoms with van der Waals surface area (Å²) < 4.78 is 9.96. The lowest BCUT2D eigenvalue weighted by Gasteiger charge is -2.21. The average Bonchev–Trinajstić information content (AvgIpc) is 2.16. The van der Waals surface area contributed by atoms with Crippen LogP contribution < -0.4 is 0 Å². The Labute approximate surface area is 81.3 Å². The summed E-state index contributed by atoms with van der Waals surface area (Å²) in [5.74, 6) is -1.86. The van der Waals surface area contributed by atoms with E-state index in [-0.39, 0.29) is 0 Å². The van der Waals surface area contributed by atoms with E-state index in [1.807, 2.05) is 0 Å². The van der Waals surface area contributed by atoms with Crippen molar-refractivity contribution in [1.82, 2.24) is 0 Å². The molecule has 0 saturated carbocycles. The van der Waals surface area contributed by atoms with E-state index in [0.717, 1.165) is 25.0 Å². The van der Waals surface area contributed by atoms with Gasteiger partial charge in [-0.05, 0) is 12.8 Å². The monoisotopic (exact) mass is 200 g/mol. The van der Waals surface area contributed by atoms with Gasteiger partial charge < -0.3 is 14.6 Å². The Hall–Kier alpha value is -1.36. The maximum atomic E-state index is 11.0. The summed E-state index contributed by atoms with van der Waals surface area (Å²) in [6.07, 6.45) is 3.70. The highest BCUT2D eigenvalue weighted by atomic mass is 16.7. The zero-order valence-electron chi connectivity index (χ0n) is 7.64. The van der Waals surface area contributed by atoms with Crippen molar-refractivity contribution in [3.8, 4) is 0 Å². The molecule has 0 aromatic heterocycles. The quantitative estimate of drug-likeness (QED) is 0.536. The van der Waals surface area contributed by atoms with E-state index in [9.17, 15) is 9.59 Å². The molecule has 78 valence electrons. The number of carbonyl (C=O) groups excluding carboxylic acids is 1. The number of carboxylic acids is 1. The van der Waals surface area contributed by atoms with Crippen LogP contribution in [0.5, 0.6) is 0 Å². The fourth-order valence-electron chi connectivity index (χ4n) is 1.11. The number of hydrogen-bond acceptors (Lipinski definition) is 4. The van der Waals surface area contributed by atoms with E-state index >= 15 is 0 Å². The van der Waals surface area contributed by atoms with E-state index in [4.69, 9.17) is 14.6 Å². The van der Waals surface area contributed by atoms with Gasteiger partial charge in [-0.25, -0.2) is 9.59 Å². The number of aliphatic carboxylic acids is 1. The number of carboxylic acid groups (broad SMARTS) is 1. The first-order valence-corrected chi connectivity index (χ1v) is 4.41. The molecule has 1 aliphatic heterocycles. The standard InChI is InChI=1S/C9H12O5/c10-7(11)4-5-8(12)14-9-3-1-2-6-13-9/h4-5,9H,1-3,6H2,(H,10,11)/b5-4-. The van der Waals surface area contributed by atoms with Gasteiger partial charge >= 0.3 is 11.9 Å². The first-order chi connectivity index (χ1) is 6.68. The lowest BCUT2D eigenvalue weighted by Crippen LogP contribution is -2.24. The maximum absolute atomic E-state index is 11.0. The van der Waals surface area contributed by atoms with Crippen LogP contribution in [0.15, 0.2) is 12.2 Å². The second-order valence-corrected chi connectivity index (χ2v) is 2.90. The van der Waals surface area contributed by atoms with Crippen molar-refractivity contribution in [3.63, 3.8) is 0 Å². The van der Waals surface area contributed by atoms with Crippen LogP contribution in [0.1, 0.15) is 19.3 Å². The Bertz CT molecular complexity index is 240. The van der Waals surface area contributed by atoms with E-state index in [1.165, 1.54) is 0 Å². The molecule has 1 rings (SSSR count). The molecule has 0 amide bonds. The van der Waals surface area contributed by atoms with Crippen molar-refractivity contribution in [1.29, 1.82) is 0 Å². The number of esters is 1. The topological polar surface area (TPSA) is 72.8 Å². The zero-order valence-corrected chi connectivity index (χ0v) is 7.64. The van der Waals surface area contributed by atoms with Gasteiger partial charge in [-0.2, -0.15) is 0 Å². The molecule has 0 radical (unpaired) electrons. The molecule has 0 aromatic rings. The van der Waals surface area contributed by atoms with Crippen LogP contribution in [0.4, 0.5) is 0 Å². The van der Waals surface area contributed by atoms with Crippen LogP contribution >= 0.6 is 0 Å². The minimum absolute atomic E-state index is 0.519. The summed E-state index contributed by atoms with van der Waals surface area (Å²) in [7, 11) is 0. The lowest BCUT2D eigenvalue weighted by molar-refractivity contribution is -0.181. The van der Waals surface area contributed by atoms with Crippen LogP contribution in [-0.2, 0) is 19.1 Å². The Morgan fingerprint density at radius 3 is 2.71 bits per heavy atom. The first kappa shape index (κ1) is 10.7. The summed E-state index contributed by atoms with van der Waals surface area (Å²) in [6, 6.07) is 0. The van der Waals surface area contributed by atoms with Gasteiger partial charge in [0, 0.05) is 18.6 Å². The normalized spacial score (nSPS) is 22.1. The molecule has 5 nitrogen and oxygen atoms in total. The van der Waals surface area contributed by atoms with Crippen LogP contribution in [0.25, 0.3) is 0 Å². The van der Waals surface area contributed by atoms with Crippen molar-refractivity contribution >= 4 is 11.9 Å². The van der Waals surface area contributed by atoms with Crippen LogP contribution in [0.3, 0.4) is 0 Å². The van der Waals surface area contributed by atoms with Crippen molar-refractivity contribution < 1.29 is 24.2 Å². The maximum Gasteiger partial charge on any atom is 0.333 e. The summed E-state index contributed by atoms with van der Waals surface area (Å²) in [4.78, 5) is 21.0. The smallest absolute Gasteiger partial charge is 0.333 e. The van der Waals surface area contributed by atoms with Crippen molar-refractivity contribution in [2.24, 2.45) is 0 Å². The minimum Gasteiger partial charge on any atom is -0.478 e. The summed E-state index contributed by atoms with van der Waals surface area (Å²) in [6.45, 7) is 0.584. The van der Waals surface area contributed by atoms with E-state index in [2.05, 4.69) is 0 Å². The van der Waals surface area contributed by atoms with Crippen LogP contribution in [0, 0.1) is 0 Å². The lowest BCUT2D eigenvalue weighted by atomic mass is 10.2. The third-order valence-corrected chi connectivity index (χ3v) is 1.75. The predicted molar refractivity (Wildman–Crippen MR) is 46.5 cm³/mol. The number of carbonyl (C=O) groups is 2. The van der Waals surface area contributed by atoms with Crippen molar-refractivity contribution in [3.05, 3.63) is 12.2 Å². The molecule has 0 bridgehead atoms. The van der Waals surface area contributed by atoms with Gasteiger partial charge in [0.25, 0.3) is 0 Å². The van der Waals surface area contributed by atoms with Crippen LogP contribution in [0.2, 0.25) is 0 Å². The predicted octanol–water partition coefficient (Wildman–Crippen LogP) is 0.697. The van der Waals surface area contributed by atoms with Crippen LogP contribution in [-0.4, -0.2) is 29.9 Å². The van der Waals surface area contributed by atoms with Crippen molar-refractivity contribution in [2.75, 3.05) is 6.61 Å². The molecule has 1 heterocycles. The highest BCUT2D eigenvalue weighted by Gasteiger charge is 2.16. The fraction of sp³-hybridized carbons (Fsp3) is 0.556. The van der Waals surface area contributed by atoms with Gasteiger partial charge in [0.2, 0.25) is 6.29 Å². The average molecular weight is 200 g/mol. The molecule has 0 spiro atoms. The Morgan fingerprint density at radius 1 is 1.36 bits per heavy atom. The van der Waals surface area contributed by atoms with Gasteiger partial charge in [-0.1, -0.05) is 0 Å². The first-order valence-electron chi connectivity index (χ1n) is 4.41. The van der Waals surface area contributed by atoms with Gasteiger partial charge in [0.05, 0.1) is 6.61 Å². The molecule has 5 heteroatoms. The van der Waals surface area contributed by atoms with Gasteiger partial charge in [0.1, 0.15) is 0 Å². The molecule has 1 unspecified atom stereocenters. The van der Waals surface area contributed by atoms with Gasteiger partial charge in [0.15, 0.2) is 0 Å². The van der Waals surface area contributed by atoms with E-state index in [0.29, 0.717) is 13.0 Å². The third kappa shape index (κ3) is 4.04. The molecule has 1 atom stereocenters. The summed E-state index contributed by atoms with van der Waals surface area (Å²) in [5, 5.41) is 8.24. The molecule has 1 N–H and O–H groups in total. The fourth-order valence-corrected chi connectivity index (χ4v) is 1.11. The Balaban J connectivity index is 2.28. The molecule has 14 heavy (non-hydrogen) atoms. The van der Waals surface area contributed by atoms with Gasteiger partial charge in [-0.15, -0.1) is 0 Å². The van der Waals surface area contributed by atoms with E-state index in [1.54, 1.807) is 0 Å². The Kier molecular flexibility index (Phi) is 4.12. The Morgan fingerprint density at radius 2 is 2.14 bits per heavy atom. The molecular weight excluding hydrogens is 188 g/mol. The minimum atomic E-state index is -1.17.